The second kappa shape index (κ2) is 5.87. The molecule has 6 heteroatoms. The van der Waals surface area contributed by atoms with Crippen molar-refractivity contribution in [1.82, 2.24) is 15.1 Å². The Labute approximate surface area is 125 Å². The highest BCUT2D eigenvalue weighted by atomic mass is 16.2. The van der Waals surface area contributed by atoms with Crippen LogP contribution in [0.1, 0.15) is 39.5 Å². The molecule has 0 aromatic rings. The number of nitrogens with zero attached hydrogens (tertiary/aromatic N) is 2. The monoisotopic (exact) mass is 293 g/mol. The van der Waals surface area contributed by atoms with Crippen LogP contribution < -0.4 is 5.32 Å². The van der Waals surface area contributed by atoms with Crippen LogP contribution in [-0.4, -0.2) is 52.8 Å². The molecule has 2 rings (SSSR count). The van der Waals surface area contributed by atoms with E-state index in [0.717, 1.165) is 23.3 Å². The first kappa shape index (κ1) is 15.5. The summed E-state index contributed by atoms with van der Waals surface area (Å²) in [5, 5.41) is 2.78. The van der Waals surface area contributed by atoms with E-state index in [-0.39, 0.29) is 18.4 Å². The fourth-order valence-electron chi connectivity index (χ4n) is 3.07. The van der Waals surface area contributed by atoms with Crippen LogP contribution in [-0.2, 0) is 9.59 Å². The summed E-state index contributed by atoms with van der Waals surface area (Å²) < 4.78 is 0. The molecule has 1 aliphatic heterocycles. The van der Waals surface area contributed by atoms with Gasteiger partial charge in [-0.15, -0.1) is 0 Å². The molecule has 0 unspecified atom stereocenters. The van der Waals surface area contributed by atoms with E-state index in [9.17, 15) is 14.4 Å². The van der Waals surface area contributed by atoms with E-state index in [1.54, 1.807) is 4.90 Å². The fraction of sp³-hybridized carbons (Fsp3) is 0.667. The Kier molecular flexibility index (Phi) is 4.34. The molecule has 1 saturated heterocycles. The van der Waals surface area contributed by atoms with Gasteiger partial charge in [0.25, 0.3) is 5.91 Å². The Bertz CT molecular complexity index is 481. The molecule has 2 aliphatic rings. The zero-order valence-electron chi connectivity index (χ0n) is 12.8. The molecule has 1 N–H and O–H groups in total. The molecule has 6 nitrogen and oxygen atoms in total. The molecule has 0 radical (unpaired) electrons. The van der Waals surface area contributed by atoms with Gasteiger partial charge in [-0.05, 0) is 26.7 Å². The summed E-state index contributed by atoms with van der Waals surface area (Å²) in [6, 6.07) is -0.443. The molecule has 1 spiro atoms. The second-order valence-electron chi connectivity index (χ2n) is 5.98. The topological polar surface area (TPSA) is 69.7 Å². The summed E-state index contributed by atoms with van der Waals surface area (Å²) in [5.41, 5.74) is 0.123. The average molecular weight is 293 g/mol. The molecular formula is C15H23N3O3. The standard InChI is InChI=1S/C15H23N3O3/c1-4-17(9-11(2)3)12(19)10-18-13(20)15(16-14(18)21)7-5-6-8-15/h2,4-10H2,1,3H3,(H,16,21). The van der Waals surface area contributed by atoms with Crippen molar-refractivity contribution < 1.29 is 14.4 Å². The minimum atomic E-state index is -0.747. The molecule has 116 valence electrons. The number of hydrogen-bond acceptors (Lipinski definition) is 3. The Morgan fingerprint density at radius 2 is 2.00 bits per heavy atom. The average Bonchev–Trinajstić information content (AvgIpc) is 2.97. The third kappa shape index (κ3) is 2.94. The van der Waals surface area contributed by atoms with Crippen molar-refractivity contribution in [2.45, 2.75) is 45.1 Å². The molecule has 0 aromatic carbocycles. The van der Waals surface area contributed by atoms with Crippen LogP contribution in [0.3, 0.4) is 0 Å². The summed E-state index contributed by atoms with van der Waals surface area (Å²) in [7, 11) is 0. The minimum absolute atomic E-state index is 0.187. The maximum Gasteiger partial charge on any atom is 0.325 e. The van der Waals surface area contributed by atoms with Crippen LogP contribution in [0.4, 0.5) is 4.79 Å². The second-order valence-corrected chi connectivity index (χ2v) is 5.98. The highest BCUT2D eigenvalue weighted by molar-refractivity contribution is 6.09. The molecule has 1 aliphatic carbocycles. The molecule has 2 fully saturated rings. The molecule has 1 saturated carbocycles. The lowest BCUT2D eigenvalue weighted by molar-refractivity contribution is -0.138. The van der Waals surface area contributed by atoms with E-state index in [0.29, 0.717) is 25.9 Å². The lowest BCUT2D eigenvalue weighted by Crippen LogP contribution is -2.46. The van der Waals surface area contributed by atoms with Crippen molar-refractivity contribution >= 4 is 17.8 Å². The SMILES string of the molecule is C=C(C)CN(CC)C(=O)CN1C(=O)NC2(CCCC2)C1=O. The van der Waals surface area contributed by atoms with Crippen LogP contribution in [0.5, 0.6) is 0 Å². The van der Waals surface area contributed by atoms with Crippen molar-refractivity contribution in [3.63, 3.8) is 0 Å². The van der Waals surface area contributed by atoms with Gasteiger partial charge in [0, 0.05) is 13.1 Å². The number of urea groups is 1. The normalized spacial score (nSPS) is 20.0. The summed E-state index contributed by atoms with van der Waals surface area (Å²) in [4.78, 5) is 39.4. The molecular weight excluding hydrogens is 270 g/mol. The summed E-state index contributed by atoms with van der Waals surface area (Å²) in [5.74, 6) is -0.469. The maximum absolute atomic E-state index is 12.5. The Hall–Kier alpha value is -1.85. The van der Waals surface area contributed by atoms with E-state index in [1.165, 1.54) is 0 Å². The van der Waals surface area contributed by atoms with Gasteiger partial charge in [-0.25, -0.2) is 4.79 Å². The highest BCUT2D eigenvalue weighted by Crippen LogP contribution is 2.34. The third-order valence-corrected chi connectivity index (χ3v) is 4.19. The van der Waals surface area contributed by atoms with Crippen LogP contribution in [0, 0.1) is 0 Å². The van der Waals surface area contributed by atoms with Crippen LogP contribution >= 0.6 is 0 Å². The van der Waals surface area contributed by atoms with E-state index >= 15 is 0 Å². The molecule has 0 atom stereocenters. The van der Waals surface area contributed by atoms with Gasteiger partial charge < -0.3 is 10.2 Å². The largest absolute Gasteiger partial charge is 0.337 e. The zero-order chi connectivity index (χ0) is 15.6. The predicted octanol–water partition coefficient (Wildman–Crippen LogP) is 1.28. The number of nitrogens with one attached hydrogen (secondary N) is 1. The quantitative estimate of drug-likeness (QED) is 0.613. The Balaban J connectivity index is 2.05. The van der Waals surface area contributed by atoms with Crippen molar-refractivity contribution in [3.8, 4) is 0 Å². The fourth-order valence-corrected chi connectivity index (χ4v) is 3.07. The van der Waals surface area contributed by atoms with Gasteiger partial charge in [0.15, 0.2) is 0 Å². The van der Waals surface area contributed by atoms with Gasteiger partial charge in [0.05, 0.1) is 0 Å². The Morgan fingerprint density at radius 1 is 1.38 bits per heavy atom. The van der Waals surface area contributed by atoms with E-state index in [2.05, 4.69) is 11.9 Å². The zero-order valence-corrected chi connectivity index (χ0v) is 12.8. The van der Waals surface area contributed by atoms with Gasteiger partial charge in [0.2, 0.25) is 5.91 Å². The summed E-state index contributed by atoms with van der Waals surface area (Å²) in [6.07, 6.45) is 3.21. The van der Waals surface area contributed by atoms with Gasteiger partial charge in [-0.2, -0.15) is 0 Å². The van der Waals surface area contributed by atoms with Gasteiger partial charge in [-0.3, -0.25) is 14.5 Å². The number of carbonyl (C=O) groups excluding carboxylic acids is 3. The first-order valence-electron chi connectivity index (χ1n) is 7.46. The molecule has 4 amide bonds. The van der Waals surface area contributed by atoms with Crippen molar-refractivity contribution in [3.05, 3.63) is 12.2 Å². The highest BCUT2D eigenvalue weighted by Gasteiger charge is 2.52. The predicted molar refractivity (Wildman–Crippen MR) is 78.5 cm³/mol. The van der Waals surface area contributed by atoms with E-state index in [1.807, 2.05) is 13.8 Å². The van der Waals surface area contributed by atoms with Crippen molar-refractivity contribution in [1.29, 1.82) is 0 Å². The van der Waals surface area contributed by atoms with Gasteiger partial charge in [-0.1, -0.05) is 25.0 Å². The number of carbonyl (C=O) groups is 3. The number of rotatable bonds is 5. The van der Waals surface area contributed by atoms with Crippen molar-refractivity contribution in [2.24, 2.45) is 0 Å². The summed E-state index contributed by atoms with van der Waals surface area (Å²) in [6.45, 7) is 8.29. The molecule has 21 heavy (non-hydrogen) atoms. The van der Waals surface area contributed by atoms with Crippen LogP contribution in [0.25, 0.3) is 0 Å². The Morgan fingerprint density at radius 3 is 2.52 bits per heavy atom. The first-order valence-corrected chi connectivity index (χ1v) is 7.46. The number of likely N-dealkylation sites (N-methyl/N-ethyl adjacent to an activating group) is 1. The third-order valence-electron chi connectivity index (χ3n) is 4.19. The number of hydrogen-bond donors (Lipinski definition) is 1. The van der Waals surface area contributed by atoms with Gasteiger partial charge >= 0.3 is 6.03 Å². The maximum atomic E-state index is 12.5. The first-order chi connectivity index (χ1) is 9.89. The number of imide groups is 1. The smallest absolute Gasteiger partial charge is 0.325 e. The van der Waals surface area contributed by atoms with Crippen molar-refractivity contribution in [2.75, 3.05) is 19.6 Å². The number of amides is 4. The molecule has 1 heterocycles. The lowest BCUT2D eigenvalue weighted by atomic mass is 9.98. The van der Waals surface area contributed by atoms with E-state index < -0.39 is 11.6 Å². The summed E-state index contributed by atoms with van der Waals surface area (Å²) >= 11 is 0. The molecule has 0 aromatic heterocycles. The van der Waals surface area contributed by atoms with Crippen LogP contribution in [0.2, 0.25) is 0 Å². The minimum Gasteiger partial charge on any atom is -0.337 e. The lowest BCUT2D eigenvalue weighted by Gasteiger charge is -2.24. The van der Waals surface area contributed by atoms with E-state index in [4.69, 9.17) is 0 Å². The molecule has 0 bridgehead atoms. The van der Waals surface area contributed by atoms with Crippen LogP contribution in [0.15, 0.2) is 12.2 Å². The van der Waals surface area contributed by atoms with Gasteiger partial charge in [0.1, 0.15) is 12.1 Å².